The normalized spacial score (nSPS) is 11.2. The molecule has 141 valence electrons. The summed E-state index contributed by atoms with van der Waals surface area (Å²) in [5, 5.41) is 1.72. The van der Waals surface area contributed by atoms with Gasteiger partial charge in [0.1, 0.15) is 5.75 Å². The summed E-state index contributed by atoms with van der Waals surface area (Å²) >= 11 is 0. The number of hydrogen-bond donors (Lipinski definition) is 1. The molecule has 0 saturated carbocycles. The zero-order valence-electron chi connectivity index (χ0n) is 15.9. The van der Waals surface area contributed by atoms with E-state index in [1.165, 1.54) is 0 Å². The van der Waals surface area contributed by atoms with Crippen LogP contribution in [0.5, 0.6) is 5.75 Å². The molecular weight excluding hydrogens is 352 g/mol. The van der Waals surface area contributed by atoms with Gasteiger partial charge in [0.15, 0.2) is 0 Å². The first kappa shape index (κ1) is 18.1. The zero-order valence-corrected chi connectivity index (χ0v) is 15.9. The van der Waals surface area contributed by atoms with Gasteiger partial charge >= 0.3 is 0 Å². The van der Waals surface area contributed by atoms with Crippen molar-refractivity contribution in [1.29, 1.82) is 0 Å². The van der Waals surface area contributed by atoms with Gasteiger partial charge in [0.25, 0.3) is 0 Å². The summed E-state index contributed by atoms with van der Waals surface area (Å²) in [6.07, 6.45) is 0. The molecule has 0 unspecified atom stereocenters. The van der Waals surface area contributed by atoms with Crippen LogP contribution in [0.25, 0.3) is 21.8 Å². The summed E-state index contributed by atoms with van der Waals surface area (Å²) in [4.78, 5) is 12.0. The summed E-state index contributed by atoms with van der Waals surface area (Å²) < 4.78 is 12.7. The Bertz CT molecular complexity index is 1160. The van der Waals surface area contributed by atoms with E-state index in [-0.39, 0.29) is 0 Å². The summed E-state index contributed by atoms with van der Waals surface area (Å²) in [6.45, 7) is 1.15. The van der Waals surface area contributed by atoms with Crippen molar-refractivity contribution in [1.82, 2.24) is 4.57 Å². The standard InChI is InChI=1S/C23H21N2O3/c1-27-14-16-8-11-18-21(12-16)25(13-15-6-9-17(28-2)10-7-15)20-5-3-4-19(22(18)20)23(24)26/h3-10,12H,13-14H2,1-2H3,(H2,24,26). The van der Waals surface area contributed by atoms with Gasteiger partial charge in [-0.25, -0.2) is 0 Å². The second kappa shape index (κ2) is 7.37. The number of fused-ring (bicyclic) bond motifs is 3. The van der Waals surface area contributed by atoms with E-state index in [9.17, 15) is 4.79 Å². The second-order valence-electron chi connectivity index (χ2n) is 6.70. The van der Waals surface area contributed by atoms with Crippen LogP contribution in [0.15, 0.2) is 54.6 Å². The average Bonchev–Trinajstić information content (AvgIpc) is 3.02. The van der Waals surface area contributed by atoms with E-state index < -0.39 is 5.91 Å². The fourth-order valence-corrected chi connectivity index (χ4v) is 3.64. The van der Waals surface area contributed by atoms with Gasteiger partial charge in [-0.3, -0.25) is 4.79 Å². The number of primary amides is 1. The Balaban J connectivity index is 1.96. The van der Waals surface area contributed by atoms with E-state index in [1.54, 1.807) is 20.3 Å². The number of aromatic nitrogens is 1. The molecule has 4 rings (SSSR count). The number of ether oxygens (including phenoxy) is 2. The Morgan fingerprint density at radius 1 is 1.07 bits per heavy atom. The Kier molecular flexibility index (Phi) is 4.75. The molecule has 1 heterocycles. The van der Waals surface area contributed by atoms with Gasteiger partial charge in [0.2, 0.25) is 5.91 Å². The molecule has 5 nitrogen and oxygen atoms in total. The third-order valence-electron chi connectivity index (χ3n) is 4.93. The minimum absolute atomic E-state index is 0.441. The Hall–Kier alpha value is -3.31. The first-order valence-corrected chi connectivity index (χ1v) is 8.99. The summed E-state index contributed by atoms with van der Waals surface area (Å²) in [7, 11) is 3.32. The highest BCUT2D eigenvalue weighted by atomic mass is 16.5. The zero-order chi connectivity index (χ0) is 19.7. The third kappa shape index (κ3) is 3.10. The predicted molar refractivity (Wildman–Crippen MR) is 110 cm³/mol. The predicted octanol–water partition coefficient (Wildman–Crippen LogP) is 3.90. The number of nitrogens with two attached hydrogens (primary N) is 1. The van der Waals surface area contributed by atoms with Crippen molar-refractivity contribution in [2.75, 3.05) is 14.2 Å². The van der Waals surface area contributed by atoms with Crippen LogP contribution in [0.2, 0.25) is 0 Å². The molecular formula is C23H21N2O3. The Labute approximate surface area is 163 Å². The molecule has 4 aromatic rings. The van der Waals surface area contributed by atoms with Crippen molar-refractivity contribution >= 4 is 27.7 Å². The van der Waals surface area contributed by atoms with Crippen LogP contribution in [-0.2, 0) is 17.9 Å². The molecule has 0 bridgehead atoms. The number of amides is 1. The Morgan fingerprint density at radius 3 is 2.54 bits per heavy atom. The van der Waals surface area contributed by atoms with Crippen molar-refractivity contribution < 1.29 is 14.3 Å². The van der Waals surface area contributed by atoms with Gasteiger partial charge in [-0.15, -0.1) is 0 Å². The molecule has 2 N–H and O–H groups in total. The molecule has 0 aliphatic carbocycles. The summed E-state index contributed by atoms with van der Waals surface area (Å²) in [6, 6.07) is 20.9. The largest absolute Gasteiger partial charge is 0.497 e. The van der Waals surface area contributed by atoms with Crippen molar-refractivity contribution in [3.05, 3.63) is 77.4 Å². The summed E-state index contributed by atoms with van der Waals surface area (Å²) in [5.74, 6) is 0.376. The van der Waals surface area contributed by atoms with Crippen LogP contribution < -0.4 is 10.5 Å². The number of nitrogens with zero attached hydrogens (tertiary/aromatic N) is 1. The van der Waals surface area contributed by atoms with Crippen LogP contribution in [0.1, 0.15) is 21.5 Å². The fraction of sp³-hybridized carbons (Fsp3) is 0.174. The second-order valence-corrected chi connectivity index (χ2v) is 6.70. The van der Waals surface area contributed by atoms with Gasteiger partial charge in [0, 0.05) is 30.0 Å². The highest BCUT2D eigenvalue weighted by Crippen LogP contribution is 2.33. The molecule has 0 aliphatic heterocycles. The molecule has 0 aliphatic rings. The molecule has 0 spiro atoms. The molecule has 3 aromatic carbocycles. The summed E-state index contributed by atoms with van der Waals surface area (Å²) in [5.41, 5.74) is 10.2. The quantitative estimate of drug-likeness (QED) is 0.557. The topological polar surface area (TPSA) is 66.5 Å². The number of methoxy groups -OCH3 is 2. The van der Waals surface area contributed by atoms with Crippen LogP contribution in [0.3, 0.4) is 0 Å². The maximum Gasteiger partial charge on any atom is 0.249 e. The van der Waals surface area contributed by atoms with Gasteiger partial charge in [-0.2, -0.15) is 0 Å². The number of rotatable bonds is 6. The number of carbonyl (C=O) groups is 1. The monoisotopic (exact) mass is 373 g/mol. The molecule has 1 aromatic heterocycles. The van der Waals surface area contributed by atoms with Gasteiger partial charge in [0.05, 0.1) is 24.8 Å². The lowest BCUT2D eigenvalue weighted by molar-refractivity contribution is 0.100. The van der Waals surface area contributed by atoms with Crippen molar-refractivity contribution in [3.8, 4) is 5.75 Å². The lowest BCUT2D eigenvalue weighted by atomic mass is 10.0. The molecule has 1 radical (unpaired) electrons. The third-order valence-corrected chi connectivity index (χ3v) is 4.93. The minimum Gasteiger partial charge on any atom is -0.497 e. The maximum atomic E-state index is 12.0. The number of benzene rings is 3. The minimum atomic E-state index is -0.441. The van der Waals surface area contributed by atoms with Gasteiger partial charge in [-0.05, 0) is 53.6 Å². The molecule has 0 atom stereocenters. The maximum absolute atomic E-state index is 12.0. The van der Waals surface area contributed by atoms with E-state index in [0.29, 0.717) is 18.7 Å². The van der Waals surface area contributed by atoms with E-state index >= 15 is 0 Å². The number of hydrogen-bond acceptors (Lipinski definition) is 3. The molecule has 5 heteroatoms. The first-order valence-electron chi connectivity index (χ1n) is 8.99. The van der Waals surface area contributed by atoms with Gasteiger partial charge < -0.3 is 19.8 Å². The van der Waals surface area contributed by atoms with Crippen LogP contribution >= 0.6 is 0 Å². The molecule has 0 fully saturated rings. The van der Waals surface area contributed by atoms with Crippen LogP contribution in [-0.4, -0.2) is 24.7 Å². The SMILES string of the molecule is COCc1c[c]c2c3c(C(N)=O)cccc3n(Cc3ccc(OC)cc3)c2c1. The molecule has 0 saturated heterocycles. The average molecular weight is 373 g/mol. The van der Waals surface area contributed by atoms with Crippen molar-refractivity contribution in [2.45, 2.75) is 13.2 Å². The smallest absolute Gasteiger partial charge is 0.249 e. The highest BCUT2D eigenvalue weighted by molar-refractivity contribution is 6.17. The van der Waals surface area contributed by atoms with E-state index in [1.807, 2.05) is 42.5 Å². The lowest BCUT2D eigenvalue weighted by Gasteiger charge is -2.10. The van der Waals surface area contributed by atoms with E-state index in [4.69, 9.17) is 15.2 Å². The van der Waals surface area contributed by atoms with Crippen LogP contribution in [0, 0.1) is 6.07 Å². The van der Waals surface area contributed by atoms with E-state index in [0.717, 1.165) is 38.7 Å². The fourth-order valence-electron chi connectivity index (χ4n) is 3.64. The molecule has 28 heavy (non-hydrogen) atoms. The van der Waals surface area contributed by atoms with E-state index in [2.05, 4.69) is 16.7 Å². The lowest BCUT2D eigenvalue weighted by Crippen LogP contribution is -2.11. The highest BCUT2D eigenvalue weighted by Gasteiger charge is 2.17. The first-order chi connectivity index (χ1) is 13.6. The van der Waals surface area contributed by atoms with Crippen molar-refractivity contribution in [2.24, 2.45) is 5.73 Å². The van der Waals surface area contributed by atoms with Crippen LogP contribution in [0.4, 0.5) is 0 Å². The molecule has 1 amide bonds. The Morgan fingerprint density at radius 2 is 1.86 bits per heavy atom. The number of carbonyl (C=O) groups excluding carboxylic acids is 1. The van der Waals surface area contributed by atoms with Crippen molar-refractivity contribution in [3.63, 3.8) is 0 Å². The van der Waals surface area contributed by atoms with Gasteiger partial charge in [-0.1, -0.05) is 18.2 Å².